The van der Waals surface area contributed by atoms with Crippen LogP contribution in [0.1, 0.15) is 19.4 Å². The van der Waals surface area contributed by atoms with Crippen LogP contribution in [0.15, 0.2) is 53.3 Å². The molecule has 3 aromatic rings. The molecule has 6 heteroatoms. The third kappa shape index (κ3) is 3.80. The minimum Gasteiger partial charge on any atom is -0.508 e. The molecule has 0 bridgehead atoms. The second-order valence-electron chi connectivity index (χ2n) is 6.20. The van der Waals surface area contributed by atoms with Gasteiger partial charge in [-0.3, -0.25) is 9.59 Å². The number of aromatic hydroxyl groups is 1. The molecular weight excluding hydrogens is 330 g/mol. The van der Waals surface area contributed by atoms with Crippen LogP contribution >= 0.6 is 0 Å². The van der Waals surface area contributed by atoms with Gasteiger partial charge in [-0.15, -0.1) is 0 Å². The number of amides is 1. The van der Waals surface area contributed by atoms with E-state index in [1.807, 2.05) is 13.8 Å². The van der Waals surface area contributed by atoms with Gasteiger partial charge in [0.2, 0.25) is 5.91 Å². The fraction of sp³-hybridized carbons (Fsp3) is 0.150. The Hall–Kier alpha value is -3.41. The lowest BCUT2D eigenvalue weighted by atomic mass is 10.1. The monoisotopic (exact) mass is 349 g/mol. The second-order valence-corrected chi connectivity index (χ2v) is 6.20. The minimum absolute atomic E-state index is 0.0433. The molecule has 0 aliphatic rings. The Labute approximate surface area is 150 Å². The Morgan fingerprint density at radius 1 is 1.19 bits per heavy atom. The van der Waals surface area contributed by atoms with Gasteiger partial charge in [-0.2, -0.15) is 0 Å². The highest BCUT2D eigenvalue weighted by molar-refractivity contribution is 5.95. The Morgan fingerprint density at radius 2 is 1.92 bits per heavy atom. The van der Waals surface area contributed by atoms with Crippen molar-refractivity contribution in [3.63, 3.8) is 0 Å². The van der Waals surface area contributed by atoms with Crippen molar-refractivity contribution in [3.05, 3.63) is 64.5 Å². The molecule has 1 aromatic heterocycles. The Morgan fingerprint density at radius 3 is 2.62 bits per heavy atom. The van der Waals surface area contributed by atoms with E-state index >= 15 is 0 Å². The number of nitrogens with zero attached hydrogens (tertiary/aromatic N) is 1. The topological polar surface area (TPSA) is 95.1 Å². The maximum Gasteiger partial charge on any atom is 0.259 e. The summed E-state index contributed by atoms with van der Waals surface area (Å²) in [5.41, 5.74) is 1.60. The molecule has 3 N–H and O–H groups in total. The molecule has 1 heterocycles. The van der Waals surface area contributed by atoms with Crippen molar-refractivity contribution in [1.82, 2.24) is 15.3 Å². The van der Waals surface area contributed by atoms with Crippen LogP contribution in [0.5, 0.6) is 5.75 Å². The number of hydrogen-bond acceptors (Lipinski definition) is 4. The van der Waals surface area contributed by atoms with Gasteiger partial charge < -0.3 is 15.4 Å². The van der Waals surface area contributed by atoms with E-state index in [0.29, 0.717) is 27.9 Å². The van der Waals surface area contributed by atoms with E-state index in [-0.39, 0.29) is 23.3 Å². The first-order valence-electron chi connectivity index (χ1n) is 8.25. The van der Waals surface area contributed by atoms with Crippen LogP contribution in [0.4, 0.5) is 0 Å². The average Bonchev–Trinajstić information content (AvgIpc) is 2.60. The summed E-state index contributed by atoms with van der Waals surface area (Å²) in [6, 6.07) is 11.7. The maximum absolute atomic E-state index is 12.4. The van der Waals surface area contributed by atoms with Crippen LogP contribution in [-0.2, 0) is 4.79 Å². The Balaban J connectivity index is 2.07. The molecular formula is C20H19N3O3. The van der Waals surface area contributed by atoms with Crippen molar-refractivity contribution in [2.24, 2.45) is 0 Å². The number of phenols is 1. The zero-order valence-electron chi connectivity index (χ0n) is 14.5. The number of aromatic nitrogens is 2. The van der Waals surface area contributed by atoms with E-state index in [9.17, 15) is 14.7 Å². The molecule has 0 aliphatic heterocycles. The highest BCUT2D eigenvalue weighted by Crippen LogP contribution is 2.21. The van der Waals surface area contributed by atoms with Gasteiger partial charge in [0, 0.05) is 23.2 Å². The van der Waals surface area contributed by atoms with Gasteiger partial charge in [0.15, 0.2) is 0 Å². The zero-order chi connectivity index (χ0) is 18.7. The normalized spacial score (nSPS) is 11.3. The lowest BCUT2D eigenvalue weighted by molar-refractivity contribution is -0.116. The van der Waals surface area contributed by atoms with Gasteiger partial charge in [-0.1, -0.05) is 12.1 Å². The van der Waals surface area contributed by atoms with Crippen LogP contribution in [-0.4, -0.2) is 27.0 Å². The molecule has 0 saturated carbocycles. The van der Waals surface area contributed by atoms with E-state index in [0.717, 1.165) is 0 Å². The van der Waals surface area contributed by atoms with E-state index in [1.165, 1.54) is 18.2 Å². The molecule has 0 saturated heterocycles. The van der Waals surface area contributed by atoms with Crippen molar-refractivity contribution in [3.8, 4) is 17.1 Å². The van der Waals surface area contributed by atoms with Gasteiger partial charge in [0.25, 0.3) is 5.56 Å². The molecule has 0 aliphatic carbocycles. The van der Waals surface area contributed by atoms with Crippen LogP contribution < -0.4 is 10.9 Å². The molecule has 0 radical (unpaired) electrons. The first-order valence-corrected chi connectivity index (χ1v) is 8.25. The third-order valence-electron chi connectivity index (χ3n) is 3.75. The highest BCUT2D eigenvalue weighted by Gasteiger charge is 2.09. The Bertz CT molecular complexity index is 1030. The number of rotatable bonds is 4. The lowest BCUT2D eigenvalue weighted by Gasteiger charge is -2.06. The summed E-state index contributed by atoms with van der Waals surface area (Å²) in [7, 11) is 0. The summed E-state index contributed by atoms with van der Waals surface area (Å²) >= 11 is 0. The number of nitrogens with one attached hydrogen (secondary N) is 2. The molecule has 1 amide bonds. The fourth-order valence-electron chi connectivity index (χ4n) is 2.57. The molecule has 0 fully saturated rings. The summed E-state index contributed by atoms with van der Waals surface area (Å²) in [6.07, 6.45) is 3.07. The third-order valence-corrected chi connectivity index (χ3v) is 3.75. The first kappa shape index (κ1) is 17.4. The van der Waals surface area contributed by atoms with Gasteiger partial charge in [0.05, 0.1) is 10.9 Å². The van der Waals surface area contributed by atoms with E-state index in [4.69, 9.17) is 0 Å². The number of para-hydroxylation sites is 1. The predicted molar refractivity (Wildman–Crippen MR) is 102 cm³/mol. The molecule has 2 aromatic carbocycles. The van der Waals surface area contributed by atoms with Gasteiger partial charge >= 0.3 is 0 Å². The zero-order valence-corrected chi connectivity index (χ0v) is 14.5. The van der Waals surface area contributed by atoms with Crippen LogP contribution in [0.25, 0.3) is 28.4 Å². The van der Waals surface area contributed by atoms with Crippen LogP contribution in [0.3, 0.4) is 0 Å². The van der Waals surface area contributed by atoms with Crippen molar-refractivity contribution < 1.29 is 9.90 Å². The number of phenolic OH excluding ortho intramolecular Hbond substituents is 1. The Kier molecular flexibility index (Phi) is 4.84. The lowest BCUT2D eigenvalue weighted by Crippen LogP contribution is -2.28. The molecule has 0 atom stereocenters. The average molecular weight is 349 g/mol. The first-order chi connectivity index (χ1) is 12.4. The van der Waals surface area contributed by atoms with Crippen molar-refractivity contribution >= 4 is 22.9 Å². The SMILES string of the molecule is CC(C)NC(=O)/C=C/c1cccc2c(=O)[nH]c(-c3ccc(O)cc3)nc12. The van der Waals surface area contributed by atoms with Gasteiger partial charge in [0.1, 0.15) is 11.6 Å². The molecule has 6 nitrogen and oxygen atoms in total. The van der Waals surface area contributed by atoms with Crippen molar-refractivity contribution in [2.45, 2.75) is 19.9 Å². The van der Waals surface area contributed by atoms with E-state index in [2.05, 4.69) is 15.3 Å². The fourth-order valence-corrected chi connectivity index (χ4v) is 2.57. The van der Waals surface area contributed by atoms with Gasteiger partial charge in [-0.25, -0.2) is 4.98 Å². The second kappa shape index (κ2) is 7.23. The molecule has 132 valence electrons. The number of benzene rings is 2. The summed E-state index contributed by atoms with van der Waals surface area (Å²) in [5.74, 6) is 0.326. The largest absolute Gasteiger partial charge is 0.508 e. The number of fused-ring (bicyclic) bond motifs is 1. The van der Waals surface area contributed by atoms with E-state index < -0.39 is 0 Å². The standard InChI is InChI=1S/C20H19N3O3/c1-12(2)21-17(25)11-8-13-4-3-5-16-18(13)22-19(23-20(16)26)14-6-9-15(24)10-7-14/h3-12,24H,1-2H3,(H,21,25)(H,22,23,26)/b11-8+. The van der Waals surface area contributed by atoms with Crippen LogP contribution in [0, 0.1) is 0 Å². The van der Waals surface area contributed by atoms with Crippen molar-refractivity contribution in [1.29, 1.82) is 0 Å². The molecule has 0 spiro atoms. The quantitative estimate of drug-likeness (QED) is 0.631. The predicted octanol–water partition coefficient (Wildman–Crippen LogP) is 2.83. The smallest absolute Gasteiger partial charge is 0.259 e. The summed E-state index contributed by atoms with van der Waals surface area (Å²) < 4.78 is 0. The van der Waals surface area contributed by atoms with Gasteiger partial charge in [-0.05, 0) is 50.3 Å². The minimum atomic E-state index is -0.264. The summed E-state index contributed by atoms with van der Waals surface area (Å²) in [5, 5.41) is 12.6. The molecule has 26 heavy (non-hydrogen) atoms. The van der Waals surface area contributed by atoms with Crippen LogP contribution in [0.2, 0.25) is 0 Å². The summed E-state index contributed by atoms with van der Waals surface area (Å²) in [6.45, 7) is 3.77. The number of aromatic amines is 1. The number of carbonyl (C=O) groups excluding carboxylic acids is 1. The highest BCUT2D eigenvalue weighted by atomic mass is 16.3. The number of H-pyrrole nitrogens is 1. The molecule has 3 rings (SSSR count). The summed E-state index contributed by atoms with van der Waals surface area (Å²) in [4.78, 5) is 31.6. The number of hydrogen-bond donors (Lipinski definition) is 3. The van der Waals surface area contributed by atoms with E-state index in [1.54, 1.807) is 36.4 Å². The van der Waals surface area contributed by atoms with Crippen molar-refractivity contribution in [2.75, 3.05) is 0 Å². The number of carbonyl (C=O) groups is 1. The molecule has 0 unspecified atom stereocenters. The maximum atomic E-state index is 12.4.